The molecule has 0 saturated heterocycles. The molecule has 0 aliphatic carbocycles. The summed E-state index contributed by atoms with van der Waals surface area (Å²) in [4.78, 5) is 20.8. The molecule has 0 amide bonds. The van der Waals surface area contributed by atoms with Gasteiger partial charge in [-0.1, -0.05) is 0 Å². The maximum atomic E-state index is 11.8. The first-order valence-electron chi connectivity index (χ1n) is 5.38. The van der Waals surface area contributed by atoms with Crippen molar-refractivity contribution in [1.29, 1.82) is 0 Å². The molecule has 104 valence electrons. The lowest BCUT2D eigenvalue weighted by molar-refractivity contribution is -0.137. The third kappa shape index (κ3) is 4.68. The minimum Gasteiger partial charge on any atom is -0.481 e. The fraction of sp³-hybridized carbons (Fsp3) is 0.273. The van der Waals surface area contributed by atoms with Crippen molar-refractivity contribution in [2.45, 2.75) is 17.7 Å². The summed E-state index contributed by atoms with van der Waals surface area (Å²) < 4.78 is 25.7. The van der Waals surface area contributed by atoms with Gasteiger partial charge in [0, 0.05) is 13.0 Å². The lowest BCUT2D eigenvalue weighted by Gasteiger charge is -2.06. The van der Waals surface area contributed by atoms with E-state index in [0.29, 0.717) is 0 Å². The van der Waals surface area contributed by atoms with E-state index in [-0.39, 0.29) is 29.8 Å². The highest BCUT2D eigenvalue weighted by molar-refractivity contribution is 7.89. The average molecular weight is 287 g/mol. The predicted octanol–water partition coefficient (Wildman–Crippen LogP) is 0.528. The summed E-state index contributed by atoms with van der Waals surface area (Å²) in [6, 6.07) is 4.74. The molecule has 3 N–H and O–H groups in total. The standard InChI is InChI=1S/C11H13NO6S/c13-10(14)2-1-7-12-19(17,18)9-5-3-8(4-6-9)11(15)16/h3-6,12H,1-2,7H2,(H,13,14)(H,15,16). The van der Waals surface area contributed by atoms with Gasteiger partial charge in [-0.2, -0.15) is 0 Å². The van der Waals surface area contributed by atoms with E-state index < -0.39 is 22.0 Å². The average Bonchev–Trinajstić information content (AvgIpc) is 2.34. The van der Waals surface area contributed by atoms with Crippen molar-refractivity contribution < 1.29 is 28.2 Å². The molecule has 0 aliphatic heterocycles. The normalized spacial score (nSPS) is 11.2. The van der Waals surface area contributed by atoms with Crippen LogP contribution in [0.5, 0.6) is 0 Å². The van der Waals surface area contributed by atoms with Crippen molar-refractivity contribution in [1.82, 2.24) is 4.72 Å². The van der Waals surface area contributed by atoms with Gasteiger partial charge in [0.25, 0.3) is 0 Å². The van der Waals surface area contributed by atoms with Crippen LogP contribution in [0, 0.1) is 0 Å². The summed E-state index contributed by atoms with van der Waals surface area (Å²) in [5, 5.41) is 17.1. The Bertz CT molecular complexity index is 563. The Hall–Kier alpha value is -1.93. The first kappa shape index (κ1) is 15.1. The summed E-state index contributed by atoms with van der Waals surface area (Å²) in [5.74, 6) is -2.14. The molecule has 0 unspecified atom stereocenters. The van der Waals surface area contributed by atoms with Crippen molar-refractivity contribution >= 4 is 22.0 Å². The molecule has 0 aliphatic rings. The van der Waals surface area contributed by atoms with Crippen LogP contribution in [0.4, 0.5) is 0 Å². The van der Waals surface area contributed by atoms with Crippen LogP contribution >= 0.6 is 0 Å². The fourth-order valence-electron chi connectivity index (χ4n) is 1.31. The Balaban J connectivity index is 2.66. The van der Waals surface area contributed by atoms with Gasteiger partial charge >= 0.3 is 11.9 Å². The first-order valence-corrected chi connectivity index (χ1v) is 6.86. The van der Waals surface area contributed by atoms with E-state index in [4.69, 9.17) is 10.2 Å². The smallest absolute Gasteiger partial charge is 0.335 e. The number of benzene rings is 1. The quantitative estimate of drug-likeness (QED) is 0.629. The van der Waals surface area contributed by atoms with Crippen LogP contribution in [0.3, 0.4) is 0 Å². The van der Waals surface area contributed by atoms with E-state index in [0.717, 1.165) is 0 Å². The monoisotopic (exact) mass is 287 g/mol. The number of nitrogens with one attached hydrogen (secondary N) is 1. The summed E-state index contributed by atoms with van der Waals surface area (Å²) in [5.41, 5.74) is -0.00942. The second-order valence-corrected chi connectivity index (χ2v) is 5.49. The molecule has 0 aromatic heterocycles. The molecule has 7 nitrogen and oxygen atoms in total. The van der Waals surface area contributed by atoms with Gasteiger partial charge in [0.15, 0.2) is 0 Å². The molecule has 1 aromatic rings. The van der Waals surface area contributed by atoms with Crippen LogP contribution in [0.15, 0.2) is 29.2 Å². The molecule has 1 aromatic carbocycles. The Morgan fingerprint density at radius 3 is 2.16 bits per heavy atom. The fourth-order valence-corrected chi connectivity index (χ4v) is 2.38. The first-order chi connectivity index (χ1) is 8.83. The highest BCUT2D eigenvalue weighted by atomic mass is 32.2. The maximum absolute atomic E-state index is 11.8. The zero-order valence-electron chi connectivity index (χ0n) is 9.87. The summed E-state index contributed by atoms with van der Waals surface area (Å²) in [6.07, 6.45) is 0.0578. The Morgan fingerprint density at radius 1 is 1.11 bits per heavy atom. The van der Waals surface area contributed by atoms with E-state index >= 15 is 0 Å². The molecule has 0 saturated carbocycles. The molecule has 0 bridgehead atoms. The zero-order chi connectivity index (χ0) is 14.5. The molecule has 1 rings (SSSR count). The SMILES string of the molecule is O=C(O)CCCNS(=O)(=O)c1ccc(C(=O)O)cc1. The van der Waals surface area contributed by atoms with Crippen LogP contribution in [0.2, 0.25) is 0 Å². The topological polar surface area (TPSA) is 121 Å². The summed E-state index contributed by atoms with van der Waals surface area (Å²) in [6.45, 7) is 0.00924. The molecular formula is C11H13NO6S. The minimum atomic E-state index is -3.74. The van der Waals surface area contributed by atoms with E-state index in [1.165, 1.54) is 24.3 Å². The van der Waals surface area contributed by atoms with Crippen molar-refractivity contribution in [3.8, 4) is 0 Å². The minimum absolute atomic E-state index is 0.00924. The number of sulfonamides is 1. The molecule has 0 fully saturated rings. The number of carboxylic acids is 2. The van der Waals surface area contributed by atoms with Crippen LogP contribution < -0.4 is 4.72 Å². The Labute approximate surface area is 109 Å². The zero-order valence-corrected chi connectivity index (χ0v) is 10.7. The summed E-state index contributed by atoms with van der Waals surface area (Å²) >= 11 is 0. The van der Waals surface area contributed by atoms with Gasteiger partial charge in [0.05, 0.1) is 10.5 Å². The molecule has 0 spiro atoms. The largest absolute Gasteiger partial charge is 0.481 e. The van der Waals surface area contributed by atoms with Gasteiger partial charge in [-0.15, -0.1) is 0 Å². The number of aliphatic carboxylic acids is 1. The van der Waals surface area contributed by atoms with Crippen molar-refractivity contribution in [2.24, 2.45) is 0 Å². The van der Waals surface area contributed by atoms with Crippen LogP contribution in [-0.4, -0.2) is 37.1 Å². The highest BCUT2D eigenvalue weighted by Crippen LogP contribution is 2.10. The van der Waals surface area contributed by atoms with Gasteiger partial charge in [-0.3, -0.25) is 4.79 Å². The maximum Gasteiger partial charge on any atom is 0.335 e. The molecule has 8 heteroatoms. The third-order valence-electron chi connectivity index (χ3n) is 2.27. The van der Waals surface area contributed by atoms with Gasteiger partial charge in [0.1, 0.15) is 0 Å². The lowest BCUT2D eigenvalue weighted by atomic mass is 10.2. The lowest BCUT2D eigenvalue weighted by Crippen LogP contribution is -2.25. The van der Waals surface area contributed by atoms with Crippen molar-refractivity contribution in [3.05, 3.63) is 29.8 Å². The number of hydrogen-bond acceptors (Lipinski definition) is 4. The second kappa shape index (κ2) is 6.30. The van der Waals surface area contributed by atoms with Gasteiger partial charge in [0.2, 0.25) is 10.0 Å². The van der Waals surface area contributed by atoms with E-state index in [1.807, 2.05) is 0 Å². The molecule has 0 atom stereocenters. The molecule has 0 radical (unpaired) electrons. The summed E-state index contributed by atoms with van der Waals surface area (Å²) in [7, 11) is -3.74. The Kier molecular flexibility index (Phi) is 5.02. The van der Waals surface area contributed by atoms with E-state index in [9.17, 15) is 18.0 Å². The van der Waals surface area contributed by atoms with Gasteiger partial charge in [-0.05, 0) is 30.7 Å². The molecular weight excluding hydrogens is 274 g/mol. The Morgan fingerprint density at radius 2 is 1.68 bits per heavy atom. The molecule has 0 heterocycles. The number of carbonyl (C=O) groups is 2. The van der Waals surface area contributed by atoms with E-state index in [1.54, 1.807) is 0 Å². The number of rotatable bonds is 7. The van der Waals surface area contributed by atoms with Crippen molar-refractivity contribution in [3.63, 3.8) is 0 Å². The highest BCUT2D eigenvalue weighted by Gasteiger charge is 2.14. The number of aromatic carboxylic acids is 1. The molecule has 19 heavy (non-hydrogen) atoms. The van der Waals surface area contributed by atoms with Crippen LogP contribution in [0.1, 0.15) is 23.2 Å². The third-order valence-corrected chi connectivity index (χ3v) is 3.75. The van der Waals surface area contributed by atoms with Gasteiger partial charge in [-0.25, -0.2) is 17.9 Å². The van der Waals surface area contributed by atoms with Crippen molar-refractivity contribution in [2.75, 3.05) is 6.54 Å². The second-order valence-electron chi connectivity index (χ2n) is 3.72. The van der Waals surface area contributed by atoms with Crippen LogP contribution in [-0.2, 0) is 14.8 Å². The predicted molar refractivity (Wildman–Crippen MR) is 65.5 cm³/mol. The van der Waals surface area contributed by atoms with Gasteiger partial charge < -0.3 is 10.2 Å². The van der Waals surface area contributed by atoms with E-state index in [2.05, 4.69) is 4.72 Å². The number of hydrogen-bond donors (Lipinski definition) is 3. The number of carboxylic acid groups (broad SMARTS) is 2. The van der Waals surface area contributed by atoms with Crippen LogP contribution in [0.25, 0.3) is 0 Å².